The van der Waals surface area contributed by atoms with E-state index in [0.29, 0.717) is 19.3 Å². The van der Waals surface area contributed by atoms with Crippen LogP contribution in [0.1, 0.15) is 207 Å². The van der Waals surface area contributed by atoms with Gasteiger partial charge in [-0.15, -0.1) is 0 Å². The maximum absolute atomic E-state index is 12.8. The van der Waals surface area contributed by atoms with Crippen molar-refractivity contribution in [1.29, 1.82) is 0 Å². The van der Waals surface area contributed by atoms with Crippen molar-refractivity contribution in [3.8, 4) is 0 Å². The lowest BCUT2D eigenvalue weighted by Gasteiger charge is -2.18. The summed E-state index contributed by atoms with van der Waals surface area (Å²) < 4.78 is 16.7. The third-order valence-electron chi connectivity index (χ3n) is 10.2. The van der Waals surface area contributed by atoms with Gasteiger partial charge in [0.2, 0.25) is 0 Å². The Balaban J connectivity index is 4.52. The second-order valence-electron chi connectivity index (χ2n) is 16.2. The minimum Gasteiger partial charge on any atom is -0.462 e. The maximum Gasteiger partial charge on any atom is 0.306 e. The molecule has 6 heteroatoms. The van der Waals surface area contributed by atoms with Gasteiger partial charge >= 0.3 is 17.9 Å². The van der Waals surface area contributed by atoms with Crippen LogP contribution in [0.15, 0.2) is 109 Å². The highest BCUT2D eigenvalue weighted by molar-refractivity contribution is 5.71. The highest BCUT2D eigenvalue weighted by atomic mass is 16.6. The fourth-order valence-electron chi connectivity index (χ4n) is 6.53. The number of hydrogen-bond donors (Lipinski definition) is 0. The first-order valence-corrected chi connectivity index (χ1v) is 25.0. The molecule has 1 unspecified atom stereocenters. The summed E-state index contributed by atoms with van der Waals surface area (Å²) in [4.78, 5) is 37.9. The van der Waals surface area contributed by atoms with E-state index in [1.807, 2.05) is 85.1 Å². The second-order valence-corrected chi connectivity index (χ2v) is 16.2. The third-order valence-corrected chi connectivity index (χ3v) is 10.2. The molecule has 0 saturated carbocycles. The Labute approximate surface area is 380 Å². The smallest absolute Gasteiger partial charge is 0.306 e. The van der Waals surface area contributed by atoms with Gasteiger partial charge in [0.05, 0.1) is 0 Å². The Morgan fingerprint density at radius 1 is 0.339 bits per heavy atom. The third kappa shape index (κ3) is 47.1. The summed E-state index contributed by atoms with van der Waals surface area (Å²) >= 11 is 0. The van der Waals surface area contributed by atoms with Crippen LogP contribution < -0.4 is 0 Å². The van der Waals surface area contributed by atoms with E-state index in [1.165, 1.54) is 83.5 Å². The average Bonchev–Trinajstić information content (AvgIpc) is 3.27. The molecule has 0 bridgehead atoms. The zero-order valence-corrected chi connectivity index (χ0v) is 39.8. The fourth-order valence-corrected chi connectivity index (χ4v) is 6.53. The van der Waals surface area contributed by atoms with Gasteiger partial charge in [-0.2, -0.15) is 0 Å². The van der Waals surface area contributed by atoms with E-state index in [-0.39, 0.29) is 37.5 Å². The van der Waals surface area contributed by atoms with E-state index >= 15 is 0 Å². The second kappa shape index (κ2) is 49.7. The van der Waals surface area contributed by atoms with Crippen LogP contribution in [0.3, 0.4) is 0 Å². The highest BCUT2D eigenvalue weighted by Gasteiger charge is 2.19. The molecule has 0 N–H and O–H groups in total. The van der Waals surface area contributed by atoms with E-state index in [0.717, 1.165) is 77.0 Å². The molecular weight excluding hydrogens is 769 g/mol. The van der Waals surface area contributed by atoms with Crippen molar-refractivity contribution in [2.45, 2.75) is 213 Å². The number of carbonyl (C=O) groups excluding carboxylic acids is 3. The predicted molar refractivity (Wildman–Crippen MR) is 265 cm³/mol. The Bertz CT molecular complexity index is 1310. The van der Waals surface area contributed by atoms with Gasteiger partial charge in [-0.25, -0.2) is 0 Å². The standard InChI is InChI=1S/C56H90O6/c1-4-7-10-13-16-19-22-25-27-29-31-34-37-40-43-46-49-55(58)61-52-53(51-60-54(57)48-45-42-39-36-33-30-24-21-18-15-12-9-6-3)62-56(59)50-47-44-41-38-35-32-28-26-23-20-17-14-11-8-5-2/h8-9,11-12,14-15,17-18,20-21,23-24,26,28,30,32-33,35,53H,4-7,10,13,16,19,22,25,27,29,31,34,36-52H2,1-3H3/b11-8+,12-9+,17-14+,18-15+,23-20+,24-21+,28-26+,33-30+,35-32+. The molecule has 6 nitrogen and oxygen atoms in total. The van der Waals surface area contributed by atoms with Crippen molar-refractivity contribution in [2.24, 2.45) is 0 Å². The minimum absolute atomic E-state index is 0.109. The molecule has 0 radical (unpaired) electrons. The van der Waals surface area contributed by atoms with Crippen LogP contribution in [0, 0.1) is 0 Å². The van der Waals surface area contributed by atoms with Crippen molar-refractivity contribution in [1.82, 2.24) is 0 Å². The molecule has 0 fully saturated rings. The number of esters is 3. The van der Waals surface area contributed by atoms with Crippen LogP contribution in [0.4, 0.5) is 0 Å². The SMILES string of the molecule is CC/C=C/C=C/C=C/C=C/C=C/CCCCCC(=O)OC(COC(=O)CCCCC/C=C/C=C/C=C/C=C/CC)COC(=O)CCCCCCCCCCCCCCCCCC. The van der Waals surface area contributed by atoms with E-state index in [9.17, 15) is 14.4 Å². The van der Waals surface area contributed by atoms with Crippen LogP contribution >= 0.6 is 0 Å². The lowest BCUT2D eigenvalue weighted by molar-refractivity contribution is -0.167. The number of hydrogen-bond acceptors (Lipinski definition) is 6. The van der Waals surface area contributed by atoms with Gasteiger partial charge in [0.15, 0.2) is 6.10 Å². The summed E-state index contributed by atoms with van der Waals surface area (Å²) in [6.07, 6.45) is 66.4. The minimum atomic E-state index is -0.816. The molecule has 0 spiro atoms. The van der Waals surface area contributed by atoms with Crippen LogP contribution in [-0.4, -0.2) is 37.2 Å². The summed E-state index contributed by atoms with van der Waals surface area (Å²) in [5, 5.41) is 0. The molecule has 0 aliphatic heterocycles. The molecule has 0 aliphatic carbocycles. The molecule has 0 heterocycles. The van der Waals surface area contributed by atoms with Crippen LogP contribution in [-0.2, 0) is 28.6 Å². The predicted octanol–water partition coefficient (Wildman–Crippen LogP) is 16.4. The maximum atomic E-state index is 12.8. The molecule has 0 saturated heterocycles. The molecule has 350 valence electrons. The number of unbranched alkanes of at least 4 members (excludes halogenated alkanes) is 21. The normalized spacial score (nSPS) is 13.0. The summed E-state index contributed by atoms with van der Waals surface area (Å²) in [5.41, 5.74) is 0. The van der Waals surface area contributed by atoms with Gasteiger partial charge in [0.25, 0.3) is 0 Å². The molecule has 1 atom stereocenters. The summed E-state index contributed by atoms with van der Waals surface area (Å²) in [6, 6.07) is 0. The highest BCUT2D eigenvalue weighted by Crippen LogP contribution is 2.15. The zero-order chi connectivity index (χ0) is 45.1. The molecule has 62 heavy (non-hydrogen) atoms. The molecule has 0 aromatic carbocycles. The number of carbonyl (C=O) groups is 3. The molecule has 0 aliphatic rings. The van der Waals surface area contributed by atoms with Gasteiger partial charge in [0, 0.05) is 19.3 Å². The van der Waals surface area contributed by atoms with Crippen molar-refractivity contribution >= 4 is 17.9 Å². The lowest BCUT2D eigenvalue weighted by Crippen LogP contribution is -2.30. The Morgan fingerprint density at radius 3 is 0.984 bits per heavy atom. The van der Waals surface area contributed by atoms with Crippen LogP contribution in [0.5, 0.6) is 0 Å². The van der Waals surface area contributed by atoms with Gasteiger partial charge in [-0.05, 0) is 57.8 Å². The first-order valence-electron chi connectivity index (χ1n) is 25.0. The van der Waals surface area contributed by atoms with Crippen LogP contribution in [0.2, 0.25) is 0 Å². The van der Waals surface area contributed by atoms with Crippen molar-refractivity contribution in [2.75, 3.05) is 13.2 Å². The molecule has 0 aromatic rings. The van der Waals surface area contributed by atoms with Gasteiger partial charge in [-0.3, -0.25) is 14.4 Å². The van der Waals surface area contributed by atoms with E-state index in [4.69, 9.17) is 14.2 Å². The fraction of sp³-hybridized carbons (Fsp3) is 0.625. The molecule has 0 rings (SSSR count). The Hall–Kier alpha value is -3.93. The molecule has 0 aromatic heterocycles. The van der Waals surface area contributed by atoms with E-state index < -0.39 is 6.10 Å². The Morgan fingerprint density at radius 2 is 0.629 bits per heavy atom. The van der Waals surface area contributed by atoms with Crippen molar-refractivity contribution < 1.29 is 28.6 Å². The monoisotopic (exact) mass is 859 g/mol. The first kappa shape index (κ1) is 58.1. The van der Waals surface area contributed by atoms with Gasteiger partial charge in [0.1, 0.15) is 13.2 Å². The lowest BCUT2D eigenvalue weighted by atomic mass is 10.0. The first-order chi connectivity index (χ1) is 30.5. The summed E-state index contributed by atoms with van der Waals surface area (Å²) in [7, 11) is 0. The number of ether oxygens (including phenoxy) is 3. The van der Waals surface area contributed by atoms with E-state index in [1.54, 1.807) is 0 Å². The molecule has 0 amide bonds. The average molecular weight is 859 g/mol. The zero-order valence-electron chi connectivity index (χ0n) is 39.8. The van der Waals surface area contributed by atoms with Crippen LogP contribution in [0.25, 0.3) is 0 Å². The van der Waals surface area contributed by atoms with Gasteiger partial charge in [-0.1, -0.05) is 239 Å². The summed E-state index contributed by atoms with van der Waals surface area (Å²) in [6.45, 7) is 6.27. The van der Waals surface area contributed by atoms with E-state index in [2.05, 4.69) is 45.1 Å². The topological polar surface area (TPSA) is 78.9 Å². The number of rotatable bonds is 43. The van der Waals surface area contributed by atoms with Crippen molar-refractivity contribution in [3.63, 3.8) is 0 Å². The summed E-state index contributed by atoms with van der Waals surface area (Å²) in [5.74, 6) is -0.997. The quantitative estimate of drug-likeness (QED) is 0.0263. The number of allylic oxidation sites excluding steroid dienone is 18. The largest absolute Gasteiger partial charge is 0.462 e. The Kier molecular flexibility index (Phi) is 46.6. The van der Waals surface area contributed by atoms with Gasteiger partial charge < -0.3 is 14.2 Å². The molecular formula is C56H90O6. The van der Waals surface area contributed by atoms with Crippen molar-refractivity contribution in [3.05, 3.63) is 109 Å².